The first kappa shape index (κ1) is 11.0. The van der Waals surface area contributed by atoms with Gasteiger partial charge in [0.1, 0.15) is 5.75 Å². The minimum absolute atomic E-state index is 0.103. The molecule has 3 heteroatoms. The van der Waals surface area contributed by atoms with Gasteiger partial charge in [0, 0.05) is 5.56 Å². The molecule has 1 aromatic rings. The minimum atomic E-state index is -0.753. The van der Waals surface area contributed by atoms with Gasteiger partial charge in [-0.3, -0.25) is 0 Å². The van der Waals surface area contributed by atoms with Crippen LogP contribution in [0.2, 0.25) is 0 Å². The van der Waals surface area contributed by atoms with Crippen LogP contribution in [0, 0.1) is 6.92 Å². The van der Waals surface area contributed by atoms with Crippen LogP contribution >= 0.6 is 0 Å². The molecule has 0 fully saturated rings. The van der Waals surface area contributed by atoms with Crippen molar-refractivity contribution < 1.29 is 9.84 Å². The zero-order valence-electron chi connectivity index (χ0n) is 8.87. The summed E-state index contributed by atoms with van der Waals surface area (Å²) in [5.74, 6) is 0.726. The molecule has 0 bridgehead atoms. The third-order valence-corrected chi connectivity index (χ3v) is 2.35. The van der Waals surface area contributed by atoms with E-state index in [1.807, 2.05) is 25.1 Å². The molecule has 3 N–H and O–H groups in total. The second-order valence-corrected chi connectivity index (χ2v) is 3.73. The van der Waals surface area contributed by atoms with Crippen LogP contribution in [0.5, 0.6) is 5.75 Å². The molecule has 0 spiro atoms. The summed E-state index contributed by atoms with van der Waals surface area (Å²) < 4.78 is 5.22. The van der Waals surface area contributed by atoms with E-state index in [-0.39, 0.29) is 6.61 Å². The van der Waals surface area contributed by atoms with E-state index in [2.05, 4.69) is 0 Å². The second kappa shape index (κ2) is 3.98. The van der Waals surface area contributed by atoms with Gasteiger partial charge in [0.2, 0.25) is 0 Å². The van der Waals surface area contributed by atoms with Gasteiger partial charge in [-0.15, -0.1) is 0 Å². The van der Waals surface area contributed by atoms with E-state index in [1.165, 1.54) is 0 Å². The molecule has 1 atom stereocenters. The number of benzene rings is 1. The molecule has 0 aromatic heterocycles. The van der Waals surface area contributed by atoms with E-state index in [0.717, 1.165) is 16.9 Å². The van der Waals surface area contributed by atoms with E-state index in [1.54, 1.807) is 14.0 Å². The topological polar surface area (TPSA) is 55.5 Å². The van der Waals surface area contributed by atoms with Gasteiger partial charge < -0.3 is 15.6 Å². The molecule has 0 radical (unpaired) electrons. The number of methoxy groups -OCH3 is 1. The molecule has 1 rings (SSSR count). The van der Waals surface area contributed by atoms with Crippen LogP contribution in [0.3, 0.4) is 0 Å². The van der Waals surface area contributed by atoms with Crippen molar-refractivity contribution in [3.05, 3.63) is 29.3 Å². The van der Waals surface area contributed by atoms with Crippen LogP contribution in [0.15, 0.2) is 18.2 Å². The highest BCUT2D eigenvalue weighted by Crippen LogP contribution is 2.30. The Hall–Kier alpha value is -1.06. The van der Waals surface area contributed by atoms with Crippen LogP contribution in [-0.4, -0.2) is 18.8 Å². The summed E-state index contributed by atoms with van der Waals surface area (Å²) in [6, 6.07) is 5.72. The van der Waals surface area contributed by atoms with Crippen molar-refractivity contribution in [2.45, 2.75) is 19.4 Å². The summed E-state index contributed by atoms with van der Waals surface area (Å²) in [7, 11) is 1.60. The monoisotopic (exact) mass is 195 g/mol. The first-order chi connectivity index (χ1) is 6.53. The fraction of sp³-hybridized carbons (Fsp3) is 0.455. The molecule has 1 aromatic carbocycles. The third kappa shape index (κ3) is 1.89. The van der Waals surface area contributed by atoms with Crippen molar-refractivity contribution in [1.29, 1.82) is 0 Å². The lowest BCUT2D eigenvalue weighted by Crippen LogP contribution is -2.38. The van der Waals surface area contributed by atoms with E-state index >= 15 is 0 Å². The number of aliphatic hydroxyl groups is 1. The quantitative estimate of drug-likeness (QED) is 0.761. The van der Waals surface area contributed by atoms with E-state index < -0.39 is 5.54 Å². The van der Waals surface area contributed by atoms with Crippen molar-refractivity contribution >= 4 is 0 Å². The van der Waals surface area contributed by atoms with Crippen molar-refractivity contribution in [1.82, 2.24) is 0 Å². The Bertz CT molecular complexity index is 321. The Morgan fingerprint density at radius 2 is 2.14 bits per heavy atom. The number of hydrogen-bond acceptors (Lipinski definition) is 3. The molecule has 0 aliphatic carbocycles. The SMILES string of the molecule is COc1cccc(C)c1C(C)(N)CO. The lowest BCUT2D eigenvalue weighted by molar-refractivity contribution is 0.206. The van der Waals surface area contributed by atoms with Crippen LogP contribution in [0.25, 0.3) is 0 Å². The van der Waals surface area contributed by atoms with Gasteiger partial charge in [0.15, 0.2) is 0 Å². The van der Waals surface area contributed by atoms with E-state index in [4.69, 9.17) is 10.5 Å². The minimum Gasteiger partial charge on any atom is -0.496 e. The van der Waals surface area contributed by atoms with Gasteiger partial charge in [-0.2, -0.15) is 0 Å². The fourth-order valence-corrected chi connectivity index (χ4v) is 1.62. The Kier molecular flexibility index (Phi) is 3.13. The standard InChI is InChI=1S/C11H17NO2/c1-8-5-4-6-9(14-3)10(8)11(2,12)7-13/h4-6,13H,7,12H2,1-3H3. The van der Waals surface area contributed by atoms with Crippen molar-refractivity contribution in [2.75, 3.05) is 13.7 Å². The van der Waals surface area contributed by atoms with Gasteiger partial charge in [-0.1, -0.05) is 12.1 Å². The summed E-state index contributed by atoms with van der Waals surface area (Å²) in [5, 5.41) is 9.21. The van der Waals surface area contributed by atoms with Crippen LogP contribution in [0.4, 0.5) is 0 Å². The van der Waals surface area contributed by atoms with Crippen molar-refractivity contribution in [2.24, 2.45) is 5.73 Å². The maximum Gasteiger partial charge on any atom is 0.124 e. The molecular formula is C11H17NO2. The lowest BCUT2D eigenvalue weighted by atomic mass is 9.89. The predicted octanol–water partition coefficient (Wildman–Crippen LogP) is 1.17. The normalized spacial score (nSPS) is 14.9. The average molecular weight is 195 g/mol. The highest BCUT2D eigenvalue weighted by molar-refractivity contribution is 5.44. The summed E-state index contributed by atoms with van der Waals surface area (Å²) in [6.45, 7) is 3.64. The van der Waals surface area contributed by atoms with Gasteiger partial charge in [-0.25, -0.2) is 0 Å². The smallest absolute Gasteiger partial charge is 0.124 e. The molecule has 0 heterocycles. The molecule has 0 aliphatic rings. The molecule has 0 saturated carbocycles. The van der Waals surface area contributed by atoms with Crippen LogP contribution in [-0.2, 0) is 5.54 Å². The average Bonchev–Trinajstić information content (AvgIpc) is 2.17. The summed E-state index contributed by atoms with van der Waals surface area (Å²) in [5.41, 5.74) is 7.13. The van der Waals surface area contributed by atoms with Gasteiger partial charge >= 0.3 is 0 Å². The fourth-order valence-electron chi connectivity index (χ4n) is 1.62. The highest BCUT2D eigenvalue weighted by atomic mass is 16.5. The Balaban J connectivity index is 3.30. The largest absolute Gasteiger partial charge is 0.496 e. The van der Waals surface area contributed by atoms with Gasteiger partial charge in [0.25, 0.3) is 0 Å². The Labute approximate surface area is 84.5 Å². The molecule has 3 nitrogen and oxygen atoms in total. The molecule has 78 valence electrons. The zero-order valence-corrected chi connectivity index (χ0v) is 8.87. The number of aryl methyl sites for hydroxylation is 1. The lowest BCUT2D eigenvalue weighted by Gasteiger charge is -2.26. The van der Waals surface area contributed by atoms with E-state index in [0.29, 0.717) is 0 Å². The first-order valence-corrected chi connectivity index (χ1v) is 4.56. The highest BCUT2D eigenvalue weighted by Gasteiger charge is 2.25. The van der Waals surface area contributed by atoms with Crippen LogP contribution in [0.1, 0.15) is 18.1 Å². The van der Waals surface area contributed by atoms with Gasteiger partial charge in [0.05, 0.1) is 19.3 Å². The zero-order chi connectivity index (χ0) is 10.8. The molecule has 0 amide bonds. The third-order valence-electron chi connectivity index (χ3n) is 2.35. The second-order valence-electron chi connectivity index (χ2n) is 3.73. The molecule has 0 saturated heterocycles. The Morgan fingerprint density at radius 1 is 1.50 bits per heavy atom. The number of ether oxygens (including phenoxy) is 1. The maximum atomic E-state index is 9.21. The van der Waals surface area contributed by atoms with E-state index in [9.17, 15) is 5.11 Å². The summed E-state index contributed by atoms with van der Waals surface area (Å²) in [6.07, 6.45) is 0. The predicted molar refractivity (Wildman–Crippen MR) is 56.4 cm³/mol. The number of aliphatic hydroxyl groups excluding tert-OH is 1. The molecular weight excluding hydrogens is 178 g/mol. The molecule has 14 heavy (non-hydrogen) atoms. The number of nitrogens with two attached hydrogens (primary N) is 1. The molecule has 1 unspecified atom stereocenters. The van der Waals surface area contributed by atoms with Crippen molar-refractivity contribution in [3.8, 4) is 5.75 Å². The first-order valence-electron chi connectivity index (χ1n) is 4.56. The number of rotatable bonds is 3. The Morgan fingerprint density at radius 3 is 2.64 bits per heavy atom. The summed E-state index contributed by atoms with van der Waals surface area (Å²) in [4.78, 5) is 0. The van der Waals surface area contributed by atoms with Crippen molar-refractivity contribution in [3.63, 3.8) is 0 Å². The maximum absolute atomic E-state index is 9.21. The van der Waals surface area contributed by atoms with Gasteiger partial charge in [-0.05, 0) is 25.5 Å². The molecule has 0 aliphatic heterocycles. The van der Waals surface area contributed by atoms with Crippen LogP contribution < -0.4 is 10.5 Å². The summed E-state index contributed by atoms with van der Waals surface area (Å²) >= 11 is 0. The number of hydrogen-bond donors (Lipinski definition) is 2.